The molecule has 5 nitrogen and oxygen atoms in total. The van der Waals surface area contributed by atoms with Gasteiger partial charge in [0.2, 0.25) is 5.82 Å². The molecule has 102 valence electrons. The molecular weight excluding hydrogens is 274 g/mol. The third-order valence-corrected chi connectivity index (χ3v) is 3.83. The molecule has 0 atom stereocenters. The van der Waals surface area contributed by atoms with Crippen LogP contribution in [0.25, 0.3) is 22.2 Å². The van der Waals surface area contributed by atoms with Gasteiger partial charge in [-0.15, -0.1) is 11.3 Å². The summed E-state index contributed by atoms with van der Waals surface area (Å²) in [6.07, 6.45) is 0. The molecule has 0 aliphatic rings. The molecule has 6 heteroatoms. The molecule has 0 fully saturated rings. The van der Waals surface area contributed by atoms with E-state index in [1.54, 1.807) is 7.11 Å². The van der Waals surface area contributed by atoms with Crippen molar-refractivity contribution in [2.75, 3.05) is 12.8 Å². The molecule has 3 rings (SSSR count). The van der Waals surface area contributed by atoms with Crippen LogP contribution in [0, 0.1) is 6.92 Å². The van der Waals surface area contributed by atoms with Gasteiger partial charge in [-0.3, -0.25) is 0 Å². The Kier molecular flexibility index (Phi) is 3.15. The Morgan fingerprint density at radius 3 is 2.85 bits per heavy atom. The van der Waals surface area contributed by atoms with Gasteiger partial charge in [-0.2, -0.15) is 4.98 Å². The minimum atomic E-state index is 0.426. The molecule has 0 amide bonds. The maximum atomic E-state index is 5.85. The fourth-order valence-corrected chi connectivity index (χ4v) is 2.64. The van der Waals surface area contributed by atoms with Crippen molar-refractivity contribution in [2.45, 2.75) is 6.92 Å². The molecular formula is C14H13N3O2S. The first kappa shape index (κ1) is 12.7. The molecule has 0 aliphatic heterocycles. The number of thiophene rings is 1. The number of aryl methyl sites for hydroxylation is 1. The summed E-state index contributed by atoms with van der Waals surface area (Å²) in [6, 6.07) is 7.65. The molecule has 0 bridgehead atoms. The normalized spacial score (nSPS) is 10.7. The minimum absolute atomic E-state index is 0.426. The summed E-state index contributed by atoms with van der Waals surface area (Å²) >= 11 is 1.47. The first-order chi connectivity index (χ1) is 9.69. The number of nitrogens with zero attached hydrogens (tertiary/aromatic N) is 2. The first-order valence-electron chi connectivity index (χ1n) is 6.01. The standard InChI is InChI=1S/C14H13N3O2S/c1-8-3-4-9(11(7-8)18-2)13-16-14(19-17-13)12-10(15)5-6-20-12/h3-7H,15H2,1-2H3. The highest BCUT2D eigenvalue weighted by molar-refractivity contribution is 7.14. The number of rotatable bonds is 3. The lowest BCUT2D eigenvalue weighted by atomic mass is 10.1. The van der Waals surface area contributed by atoms with E-state index >= 15 is 0 Å². The van der Waals surface area contributed by atoms with Crippen LogP contribution in [0.5, 0.6) is 5.75 Å². The van der Waals surface area contributed by atoms with E-state index in [0.29, 0.717) is 17.4 Å². The second-order valence-electron chi connectivity index (χ2n) is 4.33. The second kappa shape index (κ2) is 4.97. The van der Waals surface area contributed by atoms with Crippen LogP contribution in [-0.2, 0) is 0 Å². The molecule has 2 aromatic heterocycles. The quantitative estimate of drug-likeness (QED) is 0.799. The van der Waals surface area contributed by atoms with Crippen LogP contribution in [0.4, 0.5) is 5.69 Å². The van der Waals surface area contributed by atoms with Gasteiger partial charge in [0.25, 0.3) is 5.89 Å². The fourth-order valence-electron chi connectivity index (χ4n) is 1.90. The molecule has 0 saturated carbocycles. The van der Waals surface area contributed by atoms with Crippen LogP contribution in [0.15, 0.2) is 34.2 Å². The zero-order valence-electron chi connectivity index (χ0n) is 11.1. The van der Waals surface area contributed by atoms with Gasteiger partial charge in [0.1, 0.15) is 10.6 Å². The van der Waals surface area contributed by atoms with Gasteiger partial charge >= 0.3 is 0 Å². The fraction of sp³-hybridized carbons (Fsp3) is 0.143. The number of ether oxygens (including phenoxy) is 1. The number of aromatic nitrogens is 2. The first-order valence-corrected chi connectivity index (χ1v) is 6.89. The van der Waals surface area contributed by atoms with E-state index in [0.717, 1.165) is 21.8 Å². The lowest BCUT2D eigenvalue weighted by Gasteiger charge is -2.05. The Morgan fingerprint density at radius 1 is 1.30 bits per heavy atom. The highest BCUT2D eigenvalue weighted by Gasteiger charge is 2.16. The number of hydrogen-bond donors (Lipinski definition) is 1. The van der Waals surface area contributed by atoms with Crippen LogP contribution in [0.2, 0.25) is 0 Å². The zero-order valence-corrected chi connectivity index (χ0v) is 11.9. The summed E-state index contributed by atoms with van der Waals surface area (Å²) in [5, 5.41) is 5.90. The van der Waals surface area contributed by atoms with Gasteiger partial charge in [0.05, 0.1) is 18.4 Å². The van der Waals surface area contributed by atoms with E-state index in [1.807, 2.05) is 36.6 Å². The van der Waals surface area contributed by atoms with Crippen LogP contribution >= 0.6 is 11.3 Å². The predicted molar refractivity (Wildman–Crippen MR) is 78.7 cm³/mol. The third kappa shape index (κ3) is 2.14. The van der Waals surface area contributed by atoms with Crippen LogP contribution in [-0.4, -0.2) is 17.3 Å². The topological polar surface area (TPSA) is 74.2 Å². The van der Waals surface area contributed by atoms with Gasteiger partial charge in [-0.05, 0) is 36.1 Å². The van der Waals surface area contributed by atoms with Crippen molar-refractivity contribution < 1.29 is 9.26 Å². The van der Waals surface area contributed by atoms with Gasteiger partial charge in [0, 0.05) is 0 Å². The van der Waals surface area contributed by atoms with E-state index in [-0.39, 0.29) is 0 Å². The number of nitrogens with two attached hydrogens (primary N) is 1. The van der Waals surface area contributed by atoms with Crippen molar-refractivity contribution >= 4 is 17.0 Å². The summed E-state index contributed by atoms with van der Waals surface area (Å²) < 4.78 is 10.6. The maximum Gasteiger partial charge on any atom is 0.270 e. The van der Waals surface area contributed by atoms with Gasteiger partial charge in [-0.25, -0.2) is 0 Å². The third-order valence-electron chi connectivity index (χ3n) is 2.91. The Bertz CT molecular complexity index is 748. The van der Waals surface area contributed by atoms with Crippen molar-refractivity contribution in [3.63, 3.8) is 0 Å². The number of hydrogen-bond acceptors (Lipinski definition) is 6. The van der Waals surface area contributed by atoms with E-state index in [2.05, 4.69) is 10.1 Å². The van der Waals surface area contributed by atoms with Crippen LogP contribution < -0.4 is 10.5 Å². The monoisotopic (exact) mass is 287 g/mol. The van der Waals surface area contributed by atoms with Crippen molar-refractivity contribution in [1.29, 1.82) is 0 Å². The van der Waals surface area contributed by atoms with Crippen molar-refractivity contribution in [3.8, 4) is 27.9 Å². The summed E-state index contributed by atoms with van der Waals surface area (Å²) in [7, 11) is 1.62. The molecule has 3 aromatic rings. The second-order valence-corrected chi connectivity index (χ2v) is 5.25. The highest BCUT2D eigenvalue weighted by Crippen LogP contribution is 2.34. The highest BCUT2D eigenvalue weighted by atomic mass is 32.1. The summed E-state index contributed by atoms with van der Waals surface area (Å²) in [5.74, 6) is 1.64. The minimum Gasteiger partial charge on any atom is -0.496 e. The molecule has 0 radical (unpaired) electrons. The Morgan fingerprint density at radius 2 is 2.15 bits per heavy atom. The van der Waals surface area contributed by atoms with Gasteiger partial charge < -0.3 is 15.0 Å². The molecule has 20 heavy (non-hydrogen) atoms. The lowest BCUT2D eigenvalue weighted by molar-refractivity contribution is 0.413. The average Bonchev–Trinajstić information content (AvgIpc) is 3.07. The molecule has 0 spiro atoms. The SMILES string of the molecule is COc1cc(C)ccc1-c1noc(-c2sccc2N)n1. The lowest BCUT2D eigenvalue weighted by Crippen LogP contribution is -1.90. The van der Waals surface area contributed by atoms with Crippen LogP contribution in [0.1, 0.15) is 5.56 Å². The van der Waals surface area contributed by atoms with Gasteiger partial charge in [-0.1, -0.05) is 11.2 Å². The molecule has 0 aliphatic carbocycles. The maximum absolute atomic E-state index is 5.85. The van der Waals surface area contributed by atoms with E-state index in [9.17, 15) is 0 Å². The zero-order chi connectivity index (χ0) is 14.1. The average molecular weight is 287 g/mol. The largest absolute Gasteiger partial charge is 0.496 e. The molecule has 0 unspecified atom stereocenters. The van der Waals surface area contributed by atoms with Crippen molar-refractivity contribution in [2.24, 2.45) is 0 Å². The number of anilines is 1. The molecule has 2 heterocycles. The molecule has 1 aromatic carbocycles. The predicted octanol–water partition coefficient (Wildman–Crippen LogP) is 3.36. The smallest absolute Gasteiger partial charge is 0.270 e. The Hall–Kier alpha value is -2.34. The van der Waals surface area contributed by atoms with E-state index in [1.165, 1.54) is 11.3 Å². The summed E-state index contributed by atoms with van der Waals surface area (Å²) in [6.45, 7) is 2.00. The van der Waals surface area contributed by atoms with Crippen LogP contribution in [0.3, 0.4) is 0 Å². The van der Waals surface area contributed by atoms with E-state index < -0.39 is 0 Å². The van der Waals surface area contributed by atoms with Crippen molar-refractivity contribution in [3.05, 3.63) is 35.2 Å². The Balaban J connectivity index is 2.05. The van der Waals surface area contributed by atoms with Crippen molar-refractivity contribution in [1.82, 2.24) is 10.1 Å². The summed E-state index contributed by atoms with van der Waals surface area (Å²) in [4.78, 5) is 5.18. The number of nitrogen functional groups attached to an aromatic ring is 1. The Labute approximate surface area is 120 Å². The molecule has 0 saturated heterocycles. The number of benzene rings is 1. The summed E-state index contributed by atoms with van der Waals surface area (Å²) in [5.41, 5.74) is 8.40. The number of methoxy groups -OCH3 is 1. The van der Waals surface area contributed by atoms with Gasteiger partial charge in [0.15, 0.2) is 0 Å². The van der Waals surface area contributed by atoms with E-state index in [4.69, 9.17) is 15.0 Å². The molecule has 2 N–H and O–H groups in total.